The first-order chi connectivity index (χ1) is 11.8. The summed E-state index contributed by atoms with van der Waals surface area (Å²) < 4.78 is 0. The number of fused-ring (bicyclic) bond motifs is 5. The fraction of sp³-hybridized carbons (Fsp3) is 0.783. The molecule has 0 amide bonds. The van der Waals surface area contributed by atoms with E-state index in [1.165, 1.54) is 37.7 Å². The van der Waals surface area contributed by atoms with Crippen LogP contribution in [-0.4, -0.2) is 30.8 Å². The molecule has 3 saturated carbocycles. The first-order valence-corrected chi connectivity index (χ1v) is 10.4. The summed E-state index contributed by atoms with van der Waals surface area (Å²) in [6, 6.07) is 0.674. The molecular formula is C23H35NO. The monoisotopic (exact) mass is 341 g/mol. The van der Waals surface area contributed by atoms with Crippen molar-refractivity contribution in [2.75, 3.05) is 14.1 Å². The van der Waals surface area contributed by atoms with Crippen molar-refractivity contribution in [2.24, 2.45) is 34.5 Å². The lowest BCUT2D eigenvalue weighted by atomic mass is 9.47. The van der Waals surface area contributed by atoms with Crippen LogP contribution in [0.1, 0.15) is 59.3 Å². The van der Waals surface area contributed by atoms with Gasteiger partial charge >= 0.3 is 0 Å². The quantitative estimate of drug-likeness (QED) is 0.715. The molecule has 4 rings (SSSR count). The van der Waals surface area contributed by atoms with Gasteiger partial charge in [-0.15, -0.1) is 0 Å². The van der Waals surface area contributed by atoms with Crippen molar-refractivity contribution in [1.29, 1.82) is 0 Å². The van der Waals surface area contributed by atoms with Gasteiger partial charge in [0.05, 0.1) is 0 Å². The lowest BCUT2D eigenvalue weighted by Crippen LogP contribution is -2.51. The van der Waals surface area contributed by atoms with Gasteiger partial charge in [-0.1, -0.05) is 25.5 Å². The van der Waals surface area contributed by atoms with E-state index < -0.39 is 0 Å². The summed E-state index contributed by atoms with van der Waals surface area (Å²) in [6.45, 7) is 7.46. The summed E-state index contributed by atoms with van der Waals surface area (Å²) in [4.78, 5) is 14.3. The van der Waals surface area contributed by atoms with Gasteiger partial charge < -0.3 is 4.90 Å². The number of carbonyl (C=O) groups is 1. The molecule has 2 nitrogen and oxygen atoms in total. The van der Waals surface area contributed by atoms with Gasteiger partial charge in [0.15, 0.2) is 5.78 Å². The molecule has 0 saturated heterocycles. The first-order valence-electron chi connectivity index (χ1n) is 10.4. The maximum atomic E-state index is 11.9. The number of rotatable bonds is 2. The van der Waals surface area contributed by atoms with Crippen LogP contribution in [0.3, 0.4) is 0 Å². The standard InChI is InChI=1S/C23H35NO/c1-15(24(4)5)19-8-9-20-18-7-6-16-14-17(25)10-12-22(16,2)21(18)11-13-23(19,20)3/h10,12,14-15,18-21H,6-9,11,13H2,1-5H3. The smallest absolute Gasteiger partial charge is 0.178 e. The Morgan fingerprint density at radius 3 is 2.60 bits per heavy atom. The Bertz CT molecular complexity index is 632. The van der Waals surface area contributed by atoms with Crippen LogP contribution >= 0.6 is 0 Å². The lowest BCUT2D eigenvalue weighted by molar-refractivity contribution is -0.111. The predicted molar refractivity (Wildman–Crippen MR) is 103 cm³/mol. The molecule has 0 heterocycles. The maximum absolute atomic E-state index is 11.9. The van der Waals surface area contributed by atoms with Gasteiger partial charge in [0.25, 0.3) is 0 Å². The molecule has 3 fully saturated rings. The summed E-state index contributed by atoms with van der Waals surface area (Å²) >= 11 is 0. The van der Waals surface area contributed by atoms with Crippen molar-refractivity contribution < 1.29 is 4.79 Å². The summed E-state index contributed by atoms with van der Waals surface area (Å²) in [5.74, 6) is 3.50. The van der Waals surface area contributed by atoms with Crippen molar-refractivity contribution in [3.8, 4) is 0 Å². The molecular weight excluding hydrogens is 306 g/mol. The van der Waals surface area contributed by atoms with Crippen LogP contribution in [0.25, 0.3) is 0 Å². The highest BCUT2D eigenvalue weighted by Crippen LogP contribution is 2.66. The minimum atomic E-state index is 0.142. The molecule has 7 unspecified atom stereocenters. The average molecular weight is 342 g/mol. The fourth-order valence-electron chi connectivity index (χ4n) is 7.39. The van der Waals surface area contributed by atoms with E-state index in [0.717, 1.165) is 30.1 Å². The zero-order valence-electron chi connectivity index (χ0n) is 16.7. The van der Waals surface area contributed by atoms with Crippen molar-refractivity contribution in [1.82, 2.24) is 4.90 Å². The third kappa shape index (κ3) is 2.43. The molecule has 0 aromatic rings. The highest BCUT2D eigenvalue weighted by atomic mass is 16.1. The molecule has 4 aliphatic carbocycles. The summed E-state index contributed by atoms with van der Waals surface area (Å²) in [5, 5.41) is 0. The topological polar surface area (TPSA) is 20.3 Å². The van der Waals surface area contributed by atoms with Crippen LogP contribution in [-0.2, 0) is 4.79 Å². The van der Waals surface area contributed by atoms with E-state index in [0.29, 0.717) is 11.5 Å². The molecule has 0 bridgehead atoms. The van der Waals surface area contributed by atoms with Gasteiger partial charge in [0.1, 0.15) is 0 Å². The first kappa shape index (κ1) is 17.5. The number of allylic oxidation sites excluding steroid dienone is 4. The van der Waals surface area contributed by atoms with E-state index in [1.807, 2.05) is 12.2 Å². The second kappa shape index (κ2) is 5.81. The van der Waals surface area contributed by atoms with E-state index in [4.69, 9.17) is 0 Å². The molecule has 2 heteroatoms. The van der Waals surface area contributed by atoms with Gasteiger partial charge in [0.2, 0.25) is 0 Å². The van der Waals surface area contributed by atoms with E-state index in [1.54, 1.807) is 0 Å². The van der Waals surface area contributed by atoms with Crippen molar-refractivity contribution in [3.05, 3.63) is 23.8 Å². The molecule has 0 aromatic heterocycles. The van der Waals surface area contributed by atoms with Crippen LogP contribution in [0.5, 0.6) is 0 Å². The molecule has 0 spiro atoms. The predicted octanol–water partition coefficient (Wildman–Crippen LogP) is 4.86. The summed E-state index contributed by atoms with van der Waals surface area (Å²) in [5.41, 5.74) is 2.07. The molecule has 25 heavy (non-hydrogen) atoms. The second-order valence-corrected chi connectivity index (χ2v) is 10.0. The second-order valence-electron chi connectivity index (χ2n) is 10.0. The van der Waals surface area contributed by atoms with Crippen LogP contribution in [0, 0.1) is 34.5 Å². The Hall–Kier alpha value is -0.890. The van der Waals surface area contributed by atoms with Crippen molar-refractivity contribution in [2.45, 2.75) is 65.3 Å². The molecule has 4 aliphatic rings. The van der Waals surface area contributed by atoms with E-state index >= 15 is 0 Å². The largest absolute Gasteiger partial charge is 0.306 e. The molecule has 138 valence electrons. The molecule has 7 atom stereocenters. The maximum Gasteiger partial charge on any atom is 0.178 e. The Balaban J connectivity index is 1.64. The molecule has 0 aromatic carbocycles. The fourth-order valence-corrected chi connectivity index (χ4v) is 7.39. The zero-order chi connectivity index (χ0) is 18.0. The van der Waals surface area contributed by atoms with Crippen LogP contribution in [0.15, 0.2) is 23.8 Å². The Morgan fingerprint density at radius 2 is 1.88 bits per heavy atom. The van der Waals surface area contributed by atoms with Crippen molar-refractivity contribution >= 4 is 5.78 Å². The Kier molecular flexibility index (Phi) is 4.07. The van der Waals surface area contributed by atoms with Gasteiger partial charge in [-0.05, 0) is 101 Å². The van der Waals surface area contributed by atoms with Gasteiger partial charge in [-0.2, -0.15) is 0 Å². The van der Waals surface area contributed by atoms with Crippen molar-refractivity contribution in [3.63, 3.8) is 0 Å². The number of ketones is 1. The van der Waals surface area contributed by atoms with Crippen LogP contribution < -0.4 is 0 Å². The third-order valence-corrected chi connectivity index (χ3v) is 9.03. The van der Waals surface area contributed by atoms with Gasteiger partial charge in [-0.25, -0.2) is 0 Å². The van der Waals surface area contributed by atoms with Gasteiger partial charge in [-0.3, -0.25) is 4.79 Å². The van der Waals surface area contributed by atoms with E-state index in [9.17, 15) is 4.79 Å². The highest BCUT2D eigenvalue weighted by Gasteiger charge is 2.59. The minimum absolute atomic E-state index is 0.142. The average Bonchev–Trinajstić information content (AvgIpc) is 2.92. The summed E-state index contributed by atoms with van der Waals surface area (Å²) in [6.07, 6.45) is 14.0. The molecule has 0 radical (unpaired) electrons. The summed E-state index contributed by atoms with van der Waals surface area (Å²) in [7, 11) is 4.49. The van der Waals surface area contributed by atoms with E-state index in [2.05, 4.69) is 45.8 Å². The molecule has 0 N–H and O–H groups in total. The van der Waals surface area contributed by atoms with Crippen LogP contribution in [0.4, 0.5) is 0 Å². The lowest BCUT2D eigenvalue weighted by Gasteiger charge is -2.57. The third-order valence-electron chi connectivity index (χ3n) is 9.03. The SMILES string of the molecule is CC(C1CCC2C3CCC4=CC(=O)C=CC4(C)C3CCC21C)N(C)C. The number of hydrogen-bond donors (Lipinski definition) is 0. The minimum Gasteiger partial charge on any atom is -0.306 e. The van der Waals surface area contributed by atoms with E-state index in [-0.39, 0.29) is 11.2 Å². The highest BCUT2D eigenvalue weighted by molar-refractivity contribution is 6.01. The van der Waals surface area contributed by atoms with Crippen LogP contribution in [0.2, 0.25) is 0 Å². The number of nitrogens with zero attached hydrogens (tertiary/aromatic N) is 1. The Labute approximate surface area is 153 Å². The number of hydrogen-bond acceptors (Lipinski definition) is 2. The number of carbonyl (C=O) groups excluding carboxylic acids is 1. The molecule has 0 aliphatic heterocycles. The Morgan fingerprint density at radius 1 is 1.12 bits per heavy atom. The zero-order valence-corrected chi connectivity index (χ0v) is 16.7. The normalized spacial score (nSPS) is 47.1. The van der Waals surface area contributed by atoms with Gasteiger partial charge in [0, 0.05) is 11.5 Å².